The minimum atomic E-state index is -0.565. The van der Waals surface area contributed by atoms with Gasteiger partial charge in [-0.1, -0.05) is 176 Å². The van der Waals surface area contributed by atoms with Gasteiger partial charge in [0, 0.05) is 32.8 Å². The molecule has 9 aromatic carbocycles. The normalized spacial score (nSPS) is 14.0. The van der Waals surface area contributed by atoms with Crippen LogP contribution in [0.1, 0.15) is 23.5 Å². The molecule has 2 aromatic heterocycles. The highest BCUT2D eigenvalue weighted by Gasteiger charge is 2.24. The van der Waals surface area contributed by atoms with E-state index in [4.69, 9.17) is 29.0 Å². The second kappa shape index (κ2) is 13.9. The SMILES string of the molecule is [2H]c1c([2H])c(-c2nc(-c3cccc(-c4ccc(-c5ccccc5)cc4)c3)nc(-c3ccc4c(c3)Cc3cccc(-c5ccccc5)c3-4)n2)c2c(oc3c4c([2H])c([2H])c([2H])c([2H])c4c([2H])c([2H])c32)c1[2H]. The molecule has 0 saturated carbocycles. The van der Waals surface area contributed by atoms with Crippen molar-refractivity contribution in [2.24, 2.45) is 0 Å². The van der Waals surface area contributed by atoms with Crippen LogP contribution >= 0.6 is 0 Å². The summed E-state index contributed by atoms with van der Waals surface area (Å²) in [5.41, 5.74) is 11.7. The first-order valence-corrected chi connectivity index (χ1v) is 19.7. The predicted molar refractivity (Wildman–Crippen MR) is 245 cm³/mol. The van der Waals surface area contributed by atoms with Crippen molar-refractivity contribution in [2.75, 3.05) is 0 Å². The molecule has 1 aliphatic rings. The van der Waals surface area contributed by atoms with Gasteiger partial charge in [0.15, 0.2) is 17.5 Å². The summed E-state index contributed by atoms with van der Waals surface area (Å²) in [6, 6.07) is 44.5. The quantitative estimate of drug-likeness (QED) is 0.169. The van der Waals surface area contributed by atoms with Crippen LogP contribution in [0.3, 0.4) is 0 Å². The first-order chi connectivity index (χ1) is 33.5. The lowest BCUT2D eigenvalue weighted by molar-refractivity contribution is 0.672. The number of nitrogens with zero attached hydrogens (tertiary/aromatic N) is 3. The van der Waals surface area contributed by atoms with Crippen LogP contribution in [-0.2, 0) is 6.42 Å². The van der Waals surface area contributed by atoms with E-state index in [1.54, 1.807) is 0 Å². The van der Waals surface area contributed by atoms with Crippen LogP contribution in [0.5, 0.6) is 0 Å². The van der Waals surface area contributed by atoms with Crippen LogP contribution in [0.2, 0.25) is 0 Å². The molecule has 4 heteroatoms. The minimum Gasteiger partial charge on any atom is -0.455 e. The van der Waals surface area contributed by atoms with Gasteiger partial charge in [0.1, 0.15) is 11.2 Å². The summed E-state index contributed by atoms with van der Waals surface area (Å²) in [4.78, 5) is 15.2. The largest absolute Gasteiger partial charge is 0.455 e. The average molecular weight is 775 g/mol. The van der Waals surface area contributed by atoms with Crippen LogP contribution in [0, 0.1) is 0 Å². The van der Waals surface area contributed by atoms with Gasteiger partial charge in [-0.3, -0.25) is 0 Å². The highest BCUT2D eigenvalue weighted by molar-refractivity contribution is 6.18. The fraction of sp³-hybridized carbons (Fsp3) is 0.0179. The molecule has 280 valence electrons. The number of fused-ring (bicyclic) bond motifs is 8. The zero-order valence-corrected chi connectivity index (χ0v) is 31.8. The summed E-state index contributed by atoms with van der Waals surface area (Å²) in [6.45, 7) is 0. The fourth-order valence-electron chi connectivity index (χ4n) is 8.46. The van der Waals surface area contributed by atoms with E-state index in [0.717, 1.165) is 44.5 Å². The zero-order valence-electron chi connectivity index (χ0n) is 40.8. The van der Waals surface area contributed by atoms with Gasteiger partial charge in [-0.25, -0.2) is 15.0 Å². The third-order valence-electron chi connectivity index (χ3n) is 11.3. The van der Waals surface area contributed by atoms with E-state index in [2.05, 4.69) is 78.9 Å². The molecule has 0 N–H and O–H groups in total. The molecule has 0 bridgehead atoms. The molecule has 0 fully saturated rings. The summed E-state index contributed by atoms with van der Waals surface area (Å²) in [7, 11) is 0. The van der Waals surface area contributed by atoms with Crippen molar-refractivity contribution in [2.45, 2.75) is 6.42 Å². The smallest absolute Gasteiger partial charge is 0.164 e. The van der Waals surface area contributed by atoms with E-state index in [1.807, 2.05) is 66.7 Å². The Morgan fingerprint density at radius 3 is 1.88 bits per heavy atom. The number of aromatic nitrogens is 3. The monoisotopic (exact) mass is 774 g/mol. The third-order valence-corrected chi connectivity index (χ3v) is 11.3. The second-order valence-electron chi connectivity index (χ2n) is 14.8. The van der Waals surface area contributed by atoms with Gasteiger partial charge < -0.3 is 4.42 Å². The molecule has 0 aliphatic heterocycles. The number of hydrogen-bond donors (Lipinski definition) is 0. The summed E-state index contributed by atoms with van der Waals surface area (Å²) >= 11 is 0. The molecular weight excluding hydrogens is 731 g/mol. The highest BCUT2D eigenvalue weighted by atomic mass is 16.3. The molecule has 2 heterocycles. The molecule has 0 radical (unpaired) electrons. The number of benzene rings is 9. The van der Waals surface area contributed by atoms with Gasteiger partial charge in [0.05, 0.1) is 12.3 Å². The summed E-state index contributed by atoms with van der Waals surface area (Å²) < 4.78 is 86.5. The van der Waals surface area contributed by atoms with Crippen molar-refractivity contribution in [1.82, 2.24) is 15.0 Å². The molecule has 12 rings (SSSR count). The Kier molecular flexibility index (Phi) is 6.04. The van der Waals surface area contributed by atoms with E-state index in [0.29, 0.717) is 17.5 Å². The second-order valence-corrected chi connectivity index (χ2v) is 14.8. The van der Waals surface area contributed by atoms with E-state index < -0.39 is 54.4 Å². The van der Waals surface area contributed by atoms with Crippen LogP contribution in [0.15, 0.2) is 204 Å². The Morgan fingerprint density at radius 2 is 1.07 bits per heavy atom. The summed E-state index contributed by atoms with van der Waals surface area (Å²) in [6.07, 6.45) is 0.677. The molecule has 0 spiro atoms. The minimum absolute atomic E-state index is 0.0111. The van der Waals surface area contributed by atoms with E-state index in [9.17, 15) is 2.74 Å². The third kappa shape index (κ3) is 5.72. The first-order valence-electron chi connectivity index (χ1n) is 24.2. The molecule has 60 heavy (non-hydrogen) atoms. The molecule has 11 aromatic rings. The molecule has 0 amide bonds. The number of rotatable bonds is 6. The first kappa shape index (κ1) is 26.1. The van der Waals surface area contributed by atoms with Gasteiger partial charge in [-0.15, -0.1) is 0 Å². The fourth-order valence-corrected chi connectivity index (χ4v) is 8.46. The lowest BCUT2D eigenvalue weighted by Crippen LogP contribution is -2.01. The zero-order chi connectivity index (χ0) is 47.4. The molecule has 4 nitrogen and oxygen atoms in total. The van der Waals surface area contributed by atoms with Crippen molar-refractivity contribution >= 4 is 32.7 Å². The van der Waals surface area contributed by atoms with Crippen LogP contribution in [0.4, 0.5) is 0 Å². The maximum absolute atomic E-state index is 9.46. The summed E-state index contributed by atoms with van der Waals surface area (Å²) in [5.74, 6) is 0.472. The molecular formula is C56H35N3O. The predicted octanol–water partition coefficient (Wildman–Crippen LogP) is 14.5. The van der Waals surface area contributed by atoms with Gasteiger partial charge in [0.2, 0.25) is 0 Å². The van der Waals surface area contributed by atoms with Crippen molar-refractivity contribution in [3.05, 3.63) is 211 Å². The van der Waals surface area contributed by atoms with Gasteiger partial charge in [-0.2, -0.15) is 0 Å². The highest BCUT2D eigenvalue weighted by Crippen LogP contribution is 2.45. The van der Waals surface area contributed by atoms with Crippen LogP contribution in [0.25, 0.3) is 111 Å². The Bertz CT molecular complexity index is 3970. The topological polar surface area (TPSA) is 51.8 Å². The molecule has 0 atom stereocenters. The summed E-state index contributed by atoms with van der Waals surface area (Å²) in [5, 5.41) is -0.399. The molecule has 0 unspecified atom stereocenters. The van der Waals surface area contributed by atoms with Gasteiger partial charge >= 0.3 is 0 Å². The Balaban J connectivity index is 1.09. The number of hydrogen-bond acceptors (Lipinski definition) is 4. The Hall–Kier alpha value is -7.95. The van der Waals surface area contributed by atoms with Gasteiger partial charge in [-0.05, 0) is 91.7 Å². The van der Waals surface area contributed by atoms with Crippen molar-refractivity contribution in [3.8, 4) is 78.7 Å². The maximum Gasteiger partial charge on any atom is 0.164 e. The molecule has 1 aliphatic carbocycles. The van der Waals surface area contributed by atoms with Crippen LogP contribution in [-0.4, -0.2) is 15.0 Å². The molecule has 0 saturated heterocycles. The van der Waals surface area contributed by atoms with E-state index >= 15 is 0 Å². The van der Waals surface area contributed by atoms with Crippen molar-refractivity contribution < 1.29 is 16.8 Å². The lowest BCUT2D eigenvalue weighted by atomic mass is 9.94. The van der Waals surface area contributed by atoms with Crippen molar-refractivity contribution in [1.29, 1.82) is 0 Å². The van der Waals surface area contributed by atoms with E-state index in [1.165, 1.54) is 11.1 Å². The lowest BCUT2D eigenvalue weighted by Gasteiger charge is -2.12. The maximum atomic E-state index is 9.46. The Morgan fingerprint density at radius 1 is 0.417 bits per heavy atom. The van der Waals surface area contributed by atoms with Gasteiger partial charge in [0.25, 0.3) is 0 Å². The van der Waals surface area contributed by atoms with Crippen molar-refractivity contribution in [3.63, 3.8) is 0 Å². The Labute approximate surface area is 359 Å². The van der Waals surface area contributed by atoms with Crippen LogP contribution < -0.4 is 0 Å². The number of furan rings is 1. The van der Waals surface area contributed by atoms with E-state index in [-0.39, 0.29) is 55.7 Å². The standard InChI is InChI=1S/C56H35N3O/c1-3-12-35(13-4-1)36-24-26-37(27-25-36)40-17-9-19-42(32-40)54-57-55(43-29-30-46-44(34-43)33-41-18-10-21-45(51(41)46)38-14-5-2-6-15-38)59-56(58-54)49-22-11-23-50-52(49)48-31-28-39-16-7-8-20-47(39)53(48)60-50/h1-32,34H,33H2/i7D,8D,11D,16D,20D,22D,23D,28D,31D. The average Bonchev–Trinajstić information content (AvgIpc) is 3.97.